The molecule has 0 bridgehead atoms. The van der Waals surface area contributed by atoms with Gasteiger partial charge in [0.1, 0.15) is 0 Å². The molecule has 0 unspecified atom stereocenters. The Morgan fingerprint density at radius 2 is 1.23 bits per heavy atom. The van der Waals surface area contributed by atoms with E-state index in [4.69, 9.17) is 10.2 Å². The molecular formula is C10H22N2O. The molecule has 0 aromatic heterocycles. The highest BCUT2D eigenvalue weighted by Crippen LogP contribution is 1.94. The van der Waals surface area contributed by atoms with E-state index in [-0.39, 0.29) is 0 Å². The molecule has 0 aromatic carbocycles. The van der Waals surface area contributed by atoms with Gasteiger partial charge >= 0.3 is 0 Å². The summed E-state index contributed by atoms with van der Waals surface area (Å²) in [5, 5.41) is 5.40. The molecule has 13 heavy (non-hydrogen) atoms. The Morgan fingerprint density at radius 1 is 1.00 bits per heavy atom. The Bertz CT molecular complexity index is 106. The molecule has 0 aromatic rings. The minimum absolute atomic E-state index is 0.750. The van der Waals surface area contributed by atoms with Crippen molar-refractivity contribution in [3.8, 4) is 0 Å². The van der Waals surface area contributed by atoms with Gasteiger partial charge in [0, 0.05) is 0 Å². The molecule has 0 amide bonds. The summed E-state index contributed by atoms with van der Waals surface area (Å²) in [6.07, 6.45) is 4.62. The number of isocyanates is 1. The summed E-state index contributed by atoms with van der Waals surface area (Å²) in [6, 6.07) is 0. The van der Waals surface area contributed by atoms with Gasteiger partial charge in [0.15, 0.2) is 0 Å². The topological polar surface area (TPSA) is 44.2 Å². The van der Waals surface area contributed by atoms with Gasteiger partial charge in [0.25, 0.3) is 0 Å². The van der Waals surface area contributed by atoms with Crippen LogP contribution in [0.25, 0.3) is 0 Å². The van der Waals surface area contributed by atoms with Crippen LogP contribution in [0.15, 0.2) is 0 Å². The summed E-state index contributed by atoms with van der Waals surface area (Å²) < 4.78 is 0. The number of hydrogen-bond acceptors (Lipinski definition) is 3. The van der Waals surface area contributed by atoms with Gasteiger partial charge < -0.3 is 4.90 Å². The van der Waals surface area contributed by atoms with Crippen molar-refractivity contribution in [1.82, 2.24) is 4.90 Å². The summed E-state index contributed by atoms with van der Waals surface area (Å²) in [5.74, 6) is 0. The Morgan fingerprint density at radius 3 is 1.38 bits per heavy atom. The quantitative estimate of drug-likeness (QED) is 0.511. The van der Waals surface area contributed by atoms with Crippen molar-refractivity contribution >= 4 is 6.08 Å². The van der Waals surface area contributed by atoms with E-state index in [1.54, 1.807) is 0 Å². The molecule has 0 radical (unpaired) electrons. The zero-order valence-corrected chi connectivity index (χ0v) is 9.10. The SMILES string of the molecule is CCCN(CCC)CCC.N=C=O. The van der Waals surface area contributed by atoms with Gasteiger partial charge in [0.2, 0.25) is 6.08 Å². The van der Waals surface area contributed by atoms with Crippen molar-refractivity contribution in [2.24, 2.45) is 0 Å². The third-order valence-corrected chi connectivity index (χ3v) is 1.62. The van der Waals surface area contributed by atoms with Crippen molar-refractivity contribution in [1.29, 1.82) is 5.41 Å². The van der Waals surface area contributed by atoms with Crippen molar-refractivity contribution in [3.63, 3.8) is 0 Å². The van der Waals surface area contributed by atoms with Gasteiger partial charge in [-0.25, -0.2) is 10.2 Å². The van der Waals surface area contributed by atoms with Crippen LogP contribution in [-0.4, -0.2) is 30.6 Å². The molecule has 1 N–H and O–H groups in total. The second-order valence-electron chi connectivity index (χ2n) is 2.94. The predicted molar refractivity (Wildman–Crippen MR) is 55.7 cm³/mol. The lowest BCUT2D eigenvalue weighted by Gasteiger charge is -2.19. The number of hydrogen-bond donors (Lipinski definition) is 1. The van der Waals surface area contributed by atoms with E-state index < -0.39 is 0 Å². The van der Waals surface area contributed by atoms with Crippen LogP contribution in [0.3, 0.4) is 0 Å². The van der Waals surface area contributed by atoms with Gasteiger partial charge in [-0.1, -0.05) is 20.8 Å². The Balaban J connectivity index is 0. The lowest BCUT2D eigenvalue weighted by molar-refractivity contribution is 0.275. The summed E-state index contributed by atoms with van der Waals surface area (Å²) >= 11 is 0. The van der Waals surface area contributed by atoms with Crippen molar-refractivity contribution in [2.75, 3.05) is 19.6 Å². The first-order chi connectivity index (χ1) is 6.26. The molecule has 0 aliphatic heterocycles. The maximum Gasteiger partial charge on any atom is 0.231 e. The van der Waals surface area contributed by atoms with E-state index in [0.717, 1.165) is 6.08 Å². The molecule has 0 fully saturated rings. The fourth-order valence-corrected chi connectivity index (χ4v) is 1.28. The highest BCUT2D eigenvalue weighted by atomic mass is 16.1. The second-order valence-corrected chi connectivity index (χ2v) is 2.94. The highest BCUT2D eigenvalue weighted by Gasteiger charge is 1.98. The molecule has 78 valence electrons. The average molecular weight is 186 g/mol. The van der Waals surface area contributed by atoms with Crippen LogP contribution in [0.4, 0.5) is 0 Å². The highest BCUT2D eigenvalue weighted by molar-refractivity contribution is 5.26. The third kappa shape index (κ3) is 14.2. The first-order valence-corrected chi connectivity index (χ1v) is 5.02. The maximum atomic E-state index is 8.35. The second kappa shape index (κ2) is 13.9. The summed E-state index contributed by atoms with van der Waals surface area (Å²) in [6.45, 7) is 10.6. The van der Waals surface area contributed by atoms with E-state index in [1.165, 1.54) is 38.9 Å². The number of nitrogens with zero attached hydrogens (tertiary/aromatic N) is 1. The minimum Gasteiger partial charge on any atom is -0.303 e. The zero-order chi connectivity index (χ0) is 10.5. The number of carbonyl (C=O) groups excluding carboxylic acids is 1. The van der Waals surface area contributed by atoms with E-state index in [9.17, 15) is 0 Å². The van der Waals surface area contributed by atoms with Crippen LogP contribution in [0.5, 0.6) is 0 Å². The normalized spacial score (nSPS) is 8.92. The molecule has 0 aliphatic carbocycles. The van der Waals surface area contributed by atoms with Gasteiger partial charge in [0.05, 0.1) is 0 Å². The van der Waals surface area contributed by atoms with Crippen LogP contribution in [0.2, 0.25) is 0 Å². The molecule has 0 saturated carbocycles. The van der Waals surface area contributed by atoms with Crippen LogP contribution < -0.4 is 0 Å². The van der Waals surface area contributed by atoms with E-state index in [2.05, 4.69) is 25.7 Å². The van der Waals surface area contributed by atoms with Crippen molar-refractivity contribution in [3.05, 3.63) is 0 Å². The van der Waals surface area contributed by atoms with E-state index in [1.807, 2.05) is 0 Å². The van der Waals surface area contributed by atoms with E-state index >= 15 is 0 Å². The molecule has 0 saturated heterocycles. The smallest absolute Gasteiger partial charge is 0.231 e. The Labute approximate surface area is 81.6 Å². The summed E-state index contributed by atoms with van der Waals surface area (Å²) in [5.41, 5.74) is 0. The predicted octanol–water partition coefficient (Wildman–Crippen LogP) is 2.42. The molecule has 0 heterocycles. The van der Waals surface area contributed by atoms with Crippen LogP contribution in [0.1, 0.15) is 40.0 Å². The van der Waals surface area contributed by atoms with Gasteiger partial charge in [-0.2, -0.15) is 0 Å². The number of rotatable bonds is 6. The Hall–Kier alpha value is -0.660. The fourth-order valence-electron chi connectivity index (χ4n) is 1.28. The minimum atomic E-state index is 0.750. The lowest BCUT2D eigenvalue weighted by atomic mass is 10.3. The van der Waals surface area contributed by atoms with Crippen LogP contribution in [-0.2, 0) is 4.79 Å². The monoisotopic (exact) mass is 186 g/mol. The van der Waals surface area contributed by atoms with Gasteiger partial charge in [-0.05, 0) is 38.9 Å². The molecule has 3 heteroatoms. The maximum absolute atomic E-state index is 8.35. The summed E-state index contributed by atoms with van der Waals surface area (Å²) in [4.78, 5) is 10.9. The fraction of sp³-hybridized carbons (Fsp3) is 0.900. The standard InChI is InChI=1S/C9H21N.CHNO/c1-4-7-10(8-5-2)9-6-3;2-1-3/h4-9H2,1-3H3;2H. The molecule has 3 nitrogen and oxygen atoms in total. The van der Waals surface area contributed by atoms with Crippen molar-refractivity contribution in [2.45, 2.75) is 40.0 Å². The van der Waals surface area contributed by atoms with Gasteiger partial charge in [-0.3, -0.25) is 0 Å². The van der Waals surface area contributed by atoms with E-state index in [0.29, 0.717) is 0 Å². The average Bonchev–Trinajstić information content (AvgIpc) is 2.07. The third-order valence-electron chi connectivity index (χ3n) is 1.62. The van der Waals surface area contributed by atoms with Crippen molar-refractivity contribution < 1.29 is 4.79 Å². The van der Waals surface area contributed by atoms with Crippen LogP contribution in [0, 0.1) is 5.41 Å². The first kappa shape index (κ1) is 14.8. The van der Waals surface area contributed by atoms with Crippen LogP contribution >= 0.6 is 0 Å². The Kier molecular flexibility index (Phi) is 15.9. The first-order valence-electron chi connectivity index (χ1n) is 5.02. The molecule has 0 atom stereocenters. The zero-order valence-electron chi connectivity index (χ0n) is 9.10. The largest absolute Gasteiger partial charge is 0.303 e. The lowest BCUT2D eigenvalue weighted by Crippen LogP contribution is -2.25. The summed E-state index contributed by atoms with van der Waals surface area (Å²) in [7, 11) is 0. The molecule has 0 spiro atoms. The number of nitrogens with one attached hydrogen (secondary N) is 1. The molecule has 0 aliphatic rings. The molecule has 0 rings (SSSR count). The molecular weight excluding hydrogens is 164 g/mol. The van der Waals surface area contributed by atoms with Gasteiger partial charge in [-0.15, -0.1) is 0 Å².